The Morgan fingerprint density at radius 3 is 2.61 bits per heavy atom. The molecule has 1 unspecified atom stereocenters. The van der Waals surface area contributed by atoms with Crippen LogP contribution in [0.5, 0.6) is 0 Å². The number of allylic oxidation sites excluding steroid dienone is 2. The van der Waals surface area contributed by atoms with Crippen LogP contribution in [-0.4, -0.2) is 0 Å². The van der Waals surface area contributed by atoms with Crippen molar-refractivity contribution in [1.29, 1.82) is 0 Å². The van der Waals surface area contributed by atoms with Crippen LogP contribution in [0.25, 0.3) is 0 Å². The Hall–Kier alpha value is -1.11. The van der Waals surface area contributed by atoms with Crippen LogP contribution in [0.4, 0.5) is 4.39 Å². The maximum atomic E-state index is 14.3. The zero-order chi connectivity index (χ0) is 16.2. The molecule has 1 heteroatoms. The second-order valence-electron chi connectivity index (χ2n) is 7.73. The van der Waals surface area contributed by atoms with Crippen LogP contribution in [0.15, 0.2) is 30.4 Å². The molecule has 2 fully saturated rings. The van der Waals surface area contributed by atoms with E-state index in [0.717, 1.165) is 36.2 Å². The minimum Gasteiger partial charge on any atom is -0.207 e. The van der Waals surface area contributed by atoms with E-state index in [-0.39, 0.29) is 5.82 Å². The van der Waals surface area contributed by atoms with Gasteiger partial charge in [-0.15, -0.1) is 0 Å². The van der Waals surface area contributed by atoms with Gasteiger partial charge in [0, 0.05) is 0 Å². The van der Waals surface area contributed by atoms with E-state index in [4.69, 9.17) is 0 Å². The van der Waals surface area contributed by atoms with Crippen LogP contribution in [0.2, 0.25) is 0 Å². The third-order valence-corrected chi connectivity index (χ3v) is 6.19. The van der Waals surface area contributed by atoms with Gasteiger partial charge >= 0.3 is 0 Å². The second kappa shape index (κ2) is 7.64. The van der Waals surface area contributed by atoms with E-state index in [1.807, 2.05) is 12.1 Å². The van der Waals surface area contributed by atoms with Crippen molar-refractivity contribution in [2.75, 3.05) is 0 Å². The maximum absolute atomic E-state index is 14.3. The first-order valence-corrected chi connectivity index (χ1v) is 9.62. The number of benzene rings is 1. The minimum absolute atomic E-state index is 0.0169. The molecule has 0 radical (unpaired) electrons. The molecule has 23 heavy (non-hydrogen) atoms. The number of rotatable bonds is 4. The van der Waals surface area contributed by atoms with Crippen molar-refractivity contribution in [3.05, 3.63) is 47.3 Å². The quantitative estimate of drug-likeness (QED) is 0.545. The molecule has 0 aliphatic heterocycles. The van der Waals surface area contributed by atoms with Gasteiger partial charge in [0.15, 0.2) is 0 Å². The smallest absolute Gasteiger partial charge is 0.126 e. The molecular formula is C22H31F. The van der Waals surface area contributed by atoms with Crippen molar-refractivity contribution >= 4 is 0 Å². The van der Waals surface area contributed by atoms with Gasteiger partial charge in [-0.1, -0.05) is 37.6 Å². The summed E-state index contributed by atoms with van der Waals surface area (Å²) in [4.78, 5) is 0. The Bertz CT molecular complexity index is 545. The first-order chi connectivity index (χ1) is 11.2. The van der Waals surface area contributed by atoms with Gasteiger partial charge in [0.1, 0.15) is 5.82 Å². The van der Waals surface area contributed by atoms with Gasteiger partial charge in [0.25, 0.3) is 0 Å². The topological polar surface area (TPSA) is 0 Å². The summed E-state index contributed by atoms with van der Waals surface area (Å²) in [5.74, 6) is 3.19. The second-order valence-corrected chi connectivity index (χ2v) is 7.73. The number of aryl methyl sites for hydroxylation is 1. The van der Waals surface area contributed by atoms with E-state index in [0.29, 0.717) is 5.92 Å². The van der Waals surface area contributed by atoms with Crippen LogP contribution in [0, 0.1) is 23.6 Å². The first-order valence-electron chi connectivity index (χ1n) is 9.62. The number of hydrogen-bond donors (Lipinski definition) is 0. The molecule has 0 saturated heterocycles. The van der Waals surface area contributed by atoms with Gasteiger partial charge in [0.05, 0.1) is 0 Å². The molecule has 0 amide bonds. The minimum atomic E-state index is 0.0169. The molecule has 0 heterocycles. The van der Waals surface area contributed by atoms with Crippen LogP contribution in [-0.2, 0) is 6.42 Å². The standard InChI is InChI=1S/C22H31F/c1-3-5-16-7-8-19-14-20(12-11-18(19)13-16)21-10-9-17(6-4-2)22(23)15-21/h3,5,9-10,15-16,18-20H,4,6-8,11-14H2,1-2H3/t16-,18-,19-,20?/m1/s1. The van der Waals surface area contributed by atoms with Crippen molar-refractivity contribution < 1.29 is 4.39 Å². The largest absolute Gasteiger partial charge is 0.207 e. The lowest BCUT2D eigenvalue weighted by Gasteiger charge is -2.41. The number of halogens is 1. The van der Waals surface area contributed by atoms with Crippen LogP contribution < -0.4 is 0 Å². The Balaban J connectivity index is 1.65. The van der Waals surface area contributed by atoms with E-state index in [9.17, 15) is 4.39 Å². The van der Waals surface area contributed by atoms with Crippen molar-refractivity contribution in [2.45, 2.75) is 71.1 Å². The average Bonchev–Trinajstić information content (AvgIpc) is 2.57. The lowest BCUT2D eigenvalue weighted by Crippen LogP contribution is -2.30. The highest BCUT2D eigenvalue weighted by Gasteiger charge is 2.35. The lowest BCUT2D eigenvalue weighted by molar-refractivity contribution is 0.133. The van der Waals surface area contributed by atoms with Gasteiger partial charge in [0.2, 0.25) is 0 Å². The summed E-state index contributed by atoms with van der Waals surface area (Å²) in [6.07, 6.45) is 14.4. The van der Waals surface area contributed by atoms with Crippen molar-refractivity contribution in [3.63, 3.8) is 0 Å². The van der Waals surface area contributed by atoms with E-state index in [2.05, 4.69) is 32.1 Å². The van der Waals surface area contributed by atoms with Gasteiger partial charge in [-0.05, 0) is 92.7 Å². The van der Waals surface area contributed by atoms with E-state index in [1.54, 1.807) is 0 Å². The zero-order valence-corrected chi connectivity index (χ0v) is 14.7. The van der Waals surface area contributed by atoms with Gasteiger partial charge in [-0.25, -0.2) is 4.39 Å². The molecule has 0 N–H and O–H groups in total. The summed E-state index contributed by atoms with van der Waals surface area (Å²) in [6.45, 7) is 4.25. The maximum Gasteiger partial charge on any atom is 0.126 e. The fraction of sp³-hybridized carbons (Fsp3) is 0.636. The molecule has 3 rings (SSSR count). The van der Waals surface area contributed by atoms with Gasteiger partial charge in [-0.2, -0.15) is 0 Å². The highest BCUT2D eigenvalue weighted by Crippen LogP contribution is 2.47. The highest BCUT2D eigenvalue weighted by molar-refractivity contribution is 5.27. The van der Waals surface area contributed by atoms with Crippen LogP contribution in [0.3, 0.4) is 0 Å². The fourth-order valence-electron chi connectivity index (χ4n) is 4.96. The molecule has 1 aromatic rings. The van der Waals surface area contributed by atoms with E-state index in [1.165, 1.54) is 44.1 Å². The van der Waals surface area contributed by atoms with Crippen LogP contribution >= 0.6 is 0 Å². The Morgan fingerprint density at radius 2 is 1.87 bits per heavy atom. The first kappa shape index (κ1) is 16.7. The molecule has 4 atom stereocenters. The van der Waals surface area contributed by atoms with E-state index < -0.39 is 0 Å². The summed E-state index contributed by atoms with van der Waals surface area (Å²) in [5, 5.41) is 0. The Morgan fingerprint density at radius 1 is 1.09 bits per heavy atom. The summed E-state index contributed by atoms with van der Waals surface area (Å²) >= 11 is 0. The molecule has 2 aliphatic rings. The van der Waals surface area contributed by atoms with Crippen LogP contribution in [0.1, 0.15) is 75.8 Å². The average molecular weight is 314 g/mol. The summed E-state index contributed by atoms with van der Waals surface area (Å²) in [6, 6.07) is 6.06. The molecule has 126 valence electrons. The third-order valence-electron chi connectivity index (χ3n) is 6.19. The third kappa shape index (κ3) is 3.87. The van der Waals surface area contributed by atoms with Crippen molar-refractivity contribution in [2.24, 2.45) is 17.8 Å². The fourth-order valence-corrected chi connectivity index (χ4v) is 4.96. The molecule has 2 aliphatic carbocycles. The number of hydrogen-bond acceptors (Lipinski definition) is 0. The predicted molar refractivity (Wildman–Crippen MR) is 96.1 cm³/mol. The summed E-state index contributed by atoms with van der Waals surface area (Å²) < 4.78 is 14.3. The molecule has 0 bridgehead atoms. The lowest BCUT2D eigenvalue weighted by atomic mass is 9.64. The molecule has 1 aromatic carbocycles. The van der Waals surface area contributed by atoms with Crippen molar-refractivity contribution in [3.8, 4) is 0 Å². The Kier molecular flexibility index (Phi) is 5.56. The number of fused-ring (bicyclic) bond motifs is 1. The molecule has 2 saturated carbocycles. The monoisotopic (exact) mass is 314 g/mol. The highest BCUT2D eigenvalue weighted by atomic mass is 19.1. The SMILES string of the molecule is CC=C[C@@H]1CC[C@@H]2CC(c3ccc(CCC)c(F)c3)CC[C@@H]2C1. The predicted octanol–water partition coefficient (Wildman–Crippen LogP) is 6.65. The van der Waals surface area contributed by atoms with Gasteiger partial charge in [-0.3, -0.25) is 0 Å². The normalized spacial score (nSPS) is 31.3. The molecular weight excluding hydrogens is 283 g/mol. The molecule has 0 spiro atoms. The summed E-state index contributed by atoms with van der Waals surface area (Å²) in [5.41, 5.74) is 2.13. The van der Waals surface area contributed by atoms with Crippen molar-refractivity contribution in [1.82, 2.24) is 0 Å². The van der Waals surface area contributed by atoms with Gasteiger partial charge < -0.3 is 0 Å². The Labute approximate surface area is 141 Å². The molecule has 0 nitrogen and oxygen atoms in total. The molecule has 0 aromatic heterocycles. The summed E-state index contributed by atoms with van der Waals surface area (Å²) in [7, 11) is 0. The van der Waals surface area contributed by atoms with E-state index >= 15 is 0 Å². The zero-order valence-electron chi connectivity index (χ0n) is 14.7.